The van der Waals surface area contributed by atoms with Crippen LogP contribution in [-0.4, -0.2) is 33.2 Å². The fourth-order valence-electron chi connectivity index (χ4n) is 5.92. The summed E-state index contributed by atoms with van der Waals surface area (Å²) in [5, 5.41) is 28.5. The van der Waals surface area contributed by atoms with Crippen molar-refractivity contribution in [3.8, 4) is 0 Å². The average Bonchev–Trinajstić information content (AvgIpc) is 2.43. The normalized spacial score (nSPS) is 40.8. The molecule has 6 nitrogen and oxygen atoms in total. The van der Waals surface area contributed by atoms with Crippen LogP contribution in [0.4, 0.5) is 0 Å². The Balaban J connectivity index is 1.92. The molecule has 0 radical (unpaired) electrons. The first-order valence-electron chi connectivity index (χ1n) is 8.00. The van der Waals surface area contributed by atoms with Gasteiger partial charge in [0.25, 0.3) is 0 Å². The Morgan fingerprint density at radius 1 is 0.913 bits per heavy atom. The van der Waals surface area contributed by atoms with Crippen LogP contribution in [0.1, 0.15) is 51.4 Å². The van der Waals surface area contributed by atoms with E-state index in [-0.39, 0.29) is 29.7 Å². The van der Waals surface area contributed by atoms with E-state index in [1.165, 1.54) is 0 Å². The fraction of sp³-hybridized carbons (Fsp3) is 0.706. The van der Waals surface area contributed by atoms with Gasteiger partial charge in [-0.2, -0.15) is 0 Å². The minimum absolute atomic E-state index is 0.106. The largest absolute Gasteiger partial charge is 0.481 e. The zero-order valence-electron chi connectivity index (χ0n) is 13.0. The van der Waals surface area contributed by atoms with Crippen LogP contribution in [0.5, 0.6) is 0 Å². The van der Waals surface area contributed by atoms with Crippen LogP contribution in [0, 0.1) is 22.2 Å². The molecule has 4 rings (SSSR count). The van der Waals surface area contributed by atoms with E-state index in [1.807, 2.05) is 0 Å². The average molecular weight is 322 g/mol. The van der Waals surface area contributed by atoms with E-state index in [0.29, 0.717) is 32.1 Å². The SMILES string of the molecule is C=C(CCC12CC3CC(C(=O)O)(C1)CC(C(=O)O)(C3)C2)C(=O)O. The van der Waals surface area contributed by atoms with Gasteiger partial charge in [0.05, 0.1) is 10.8 Å². The third kappa shape index (κ3) is 2.35. The van der Waals surface area contributed by atoms with E-state index in [0.717, 1.165) is 6.42 Å². The van der Waals surface area contributed by atoms with Gasteiger partial charge in [-0.15, -0.1) is 0 Å². The molecule has 0 aliphatic heterocycles. The Morgan fingerprint density at radius 2 is 1.43 bits per heavy atom. The van der Waals surface area contributed by atoms with Gasteiger partial charge in [-0.25, -0.2) is 4.79 Å². The lowest BCUT2D eigenvalue weighted by molar-refractivity contribution is -0.203. The molecule has 0 aromatic heterocycles. The Labute approximate surface area is 134 Å². The van der Waals surface area contributed by atoms with Crippen LogP contribution in [0.3, 0.4) is 0 Å². The monoisotopic (exact) mass is 322 g/mol. The number of hydrogen-bond donors (Lipinski definition) is 3. The molecule has 4 fully saturated rings. The summed E-state index contributed by atoms with van der Waals surface area (Å²) < 4.78 is 0. The lowest BCUT2D eigenvalue weighted by atomic mass is 9.39. The molecule has 2 unspecified atom stereocenters. The highest BCUT2D eigenvalue weighted by atomic mass is 16.4. The van der Waals surface area contributed by atoms with E-state index in [9.17, 15) is 24.6 Å². The third-order valence-electron chi connectivity index (χ3n) is 6.35. The summed E-state index contributed by atoms with van der Waals surface area (Å²) >= 11 is 0. The molecule has 0 aromatic rings. The van der Waals surface area contributed by atoms with Crippen molar-refractivity contribution in [3.63, 3.8) is 0 Å². The second-order valence-electron chi connectivity index (χ2n) is 8.09. The van der Waals surface area contributed by atoms with Crippen molar-refractivity contribution in [2.75, 3.05) is 0 Å². The van der Waals surface area contributed by atoms with Crippen molar-refractivity contribution in [2.24, 2.45) is 22.2 Å². The fourth-order valence-corrected chi connectivity index (χ4v) is 5.92. The second-order valence-corrected chi connectivity index (χ2v) is 8.09. The lowest BCUT2D eigenvalue weighted by Crippen LogP contribution is -2.61. The molecule has 4 saturated carbocycles. The number of hydrogen-bond acceptors (Lipinski definition) is 3. The standard InChI is InChI=1S/C17H22O6/c1-10(12(18)19)2-3-15-4-11-5-16(7-15,13(20)21)9-17(6-11,8-15)14(22)23/h11H,1-9H2,(H,18,19)(H,20,21)(H,22,23). The summed E-state index contributed by atoms with van der Waals surface area (Å²) in [5.41, 5.74) is -2.19. The molecule has 23 heavy (non-hydrogen) atoms. The molecular formula is C17H22O6. The van der Waals surface area contributed by atoms with Gasteiger partial charge < -0.3 is 15.3 Å². The highest BCUT2D eigenvalue weighted by Crippen LogP contribution is 2.71. The van der Waals surface area contributed by atoms with E-state index in [1.54, 1.807) is 0 Å². The van der Waals surface area contributed by atoms with Gasteiger partial charge in [-0.1, -0.05) is 6.58 Å². The molecule has 3 N–H and O–H groups in total. The topological polar surface area (TPSA) is 112 Å². The Bertz CT molecular complexity index is 576. The van der Waals surface area contributed by atoms with Crippen LogP contribution in [0.15, 0.2) is 12.2 Å². The summed E-state index contributed by atoms with van der Waals surface area (Å²) in [7, 11) is 0. The van der Waals surface area contributed by atoms with Crippen molar-refractivity contribution in [2.45, 2.75) is 51.4 Å². The van der Waals surface area contributed by atoms with E-state index in [4.69, 9.17) is 5.11 Å². The van der Waals surface area contributed by atoms with Gasteiger partial charge in [0, 0.05) is 5.57 Å². The van der Waals surface area contributed by atoms with Crippen molar-refractivity contribution in [1.29, 1.82) is 0 Å². The predicted octanol–water partition coefficient (Wildman–Crippen LogP) is 2.53. The Kier molecular flexibility index (Phi) is 3.36. The van der Waals surface area contributed by atoms with Gasteiger partial charge in [-0.3, -0.25) is 9.59 Å². The van der Waals surface area contributed by atoms with Crippen LogP contribution >= 0.6 is 0 Å². The van der Waals surface area contributed by atoms with Gasteiger partial charge in [0.1, 0.15) is 0 Å². The van der Waals surface area contributed by atoms with Crippen LogP contribution < -0.4 is 0 Å². The maximum atomic E-state index is 11.9. The quantitative estimate of drug-likeness (QED) is 0.648. The van der Waals surface area contributed by atoms with Gasteiger partial charge in [0.15, 0.2) is 0 Å². The predicted molar refractivity (Wildman–Crippen MR) is 79.8 cm³/mol. The number of carbonyl (C=O) groups is 3. The number of carboxylic acid groups (broad SMARTS) is 3. The molecule has 2 atom stereocenters. The van der Waals surface area contributed by atoms with E-state index in [2.05, 4.69) is 6.58 Å². The maximum absolute atomic E-state index is 11.9. The molecule has 0 aromatic carbocycles. The highest BCUT2D eigenvalue weighted by molar-refractivity contribution is 5.85. The molecule has 6 heteroatoms. The molecule has 0 heterocycles. The van der Waals surface area contributed by atoms with Gasteiger partial charge in [-0.05, 0) is 62.7 Å². The molecule has 4 aliphatic rings. The molecule has 0 saturated heterocycles. The van der Waals surface area contributed by atoms with Crippen LogP contribution in [0.25, 0.3) is 0 Å². The molecule has 126 valence electrons. The highest BCUT2D eigenvalue weighted by Gasteiger charge is 2.67. The Morgan fingerprint density at radius 3 is 1.87 bits per heavy atom. The molecule has 0 spiro atoms. The Hall–Kier alpha value is -1.85. The summed E-state index contributed by atoms with van der Waals surface area (Å²) in [4.78, 5) is 34.8. The van der Waals surface area contributed by atoms with E-state index >= 15 is 0 Å². The van der Waals surface area contributed by atoms with Crippen molar-refractivity contribution in [1.82, 2.24) is 0 Å². The smallest absolute Gasteiger partial charge is 0.330 e. The minimum atomic E-state index is -1.05. The molecule has 4 aliphatic carbocycles. The van der Waals surface area contributed by atoms with Crippen LogP contribution in [-0.2, 0) is 14.4 Å². The third-order valence-corrected chi connectivity index (χ3v) is 6.35. The summed E-state index contributed by atoms with van der Waals surface area (Å²) in [6.45, 7) is 3.54. The zero-order chi connectivity index (χ0) is 17.0. The van der Waals surface area contributed by atoms with Crippen molar-refractivity contribution < 1.29 is 29.7 Å². The first-order valence-corrected chi connectivity index (χ1v) is 8.00. The summed E-state index contributed by atoms with van der Waals surface area (Å²) in [5.74, 6) is -2.73. The lowest BCUT2D eigenvalue weighted by Gasteiger charge is -2.64. The minimum Gasteiger partial charge on any atom is -0.481 e. The molecule has 4 bridgehead atoms. The van der Waals surface area contributed by atoms with Gasteiger partial charge >= 0.3 is 17.9 Å². The second kappa shape index (κ2) is 4.82. The number of aliphatic carboxylic acids is 3. The van der Waals surface area contributed by atoms with Crippen molar-refractivity contribution in [3.05, 3.63) is 12.2 Å². The number of rotatable bonds is 6. The number of carboxylic acids is 3. The van der Waals surface area contributed by atoms with Gasteiger partial charge in [0.2, 0.25) is 0 Å². The maximum Gasteiger partial charge on any atom is 0.330 e. The summed E-state index contributed by atoms with van der Waals surface area (Å²) in [6, 6.07) is 0. The van der Waals surface area contributed by atoms with Crippen molar-refractivity contribution >= 4 is 17.9 Å². The van der Waals surface area contributed by atoms with Crippen LogP contribution in [0.2, 0.25) is 0 Å². The molecular weight excluding hydrogens is 300 g/mol. The summed E-state index contributed by atoms with van der Waals surface area (Å²) in [6.07, 6.45) is 3.86. The first kappa shape index (κ1) is 16.0. The van der Waals surface area contributed by atoms with E-state index < -0.39 is 28.7 Å². The molecule has 0 amide bonds. The first-order chi connectivity index (χ1) is 10.6. The zero-order valence-corrected chi connectivity index (χ0v) is 13.0.